The van der Waals surface area contributed by atoms with Crippen LogP contribution in [0.3, 0.4) is 0 Å². The highest BCUT2D eigenvalue weighted by atomic mass is 16.5. The molecule has 2 aromatic rings. The predicted molar refractivity (Wildman–Crippen MR) is 131 cm³/mol. The summed E-state index contributed by atoms with van der Waals surface area (Å²) in [5.41, 5.74) is 3.17. The highest BCUT2D eigenvalue weighted by molar-refractivity contribution is 6.03. The molecule has 0 bridgehead atoms. The Morgan fingerprint density at radius 1 is 1.03 bits per heavy atom. The zero-order chi connectivity index (χ0) is 23.2. The number of rotatable bonds is 8. The molecule has 0 aliphatic carbocycles. The minimum absolute atomic E-state index is 0.00479. The summed E-state index contributed by atoms with van der Waals surface area (Å²) in [6.45, 7) is 7.43. The van der Waals surface area contributed by atoms with E-state index in [4.69, 9.17) is 4.74 Å². The largest absolute Gasteiger partial charge is 0.497 e. The quantitative estimate of drug-likeness (QED) is 0.627. The molecule has 7 nitrogen and oxygen atoms in total. The summed E-state index contributed by atoms with van der Waals surface area (Å²) < 4.78 is 5.24. The van der Waals surface area contributed by atoms with Crippen LogP contribution in [0.2, 0.25) is 0 Å². The molecule has 2 aliphatic rings. The number of benzene rings is 2. The van der Waals surface area contributed by atoms with Crippen LogP contribution in [0.15, 0.2) is 48.5 Å². The van der Waals surface area contributed by atoms with Gasteiger partial charge in [0.05, 0.1) is 7.11 Å². The van der Waals surface area contributed by atoms with E-state index in [0.29, 0.717) is 19.4 Å². The van der Waals surface area contributed by atoms with E-state index in [9.17, 15) is 9.59 Å². The van der Waals surface area contributed by atoms with E-state index in [-0.39, 0.29) is 11.8 Å². The molecule has 2 heterocycles. The fourth-order valence-corrected chi connectivity index (χ4v) is 4.73. The van der Waals surface area contributed by atoms with Crippen LogP contribution >= 0.6 is 0 Å². The van der Waals surface area contributed by atoms with Crippen LogP contribution < -0.4 is 19.9 Å². The van der Waals surface area contributed by atoms with Crippen LogP contribution in [-0.4, -0.2) is 69.1 Å². The number of hydrogen-bond acceptors (Lipinski definition) is 5. The van der Waals surface area contributed by atoms with Gasteiger partial charge in [0.15, 0.2) is 0 Å². The van der Waals surface area contributed by atoms with Gasteiger partial charge in [0.1, 0.15) is 11.8 Å². The fraction of sp³-hybridized carbons (Fsp3) is 0.462. The third-order valence-corrected chi connectivity index (χ3v) is 6.61. The number of ether oxygens (including phenoxy) is 1. The van der Waals surface area contributed by atoms with Gasteiger partial charge in [-0.1, -0.05) is 25.1 Å². The molecule has 0 unspecified atom stereocenters. The number of nitrogens with zero attached hydrogens (tertiary/aromatic N) is 3. The number of fused-ring (bicyclic) bond motifs is 1. The maximum absolute atomic E-state index is 12.9. The van der Waals surface area contributed by atoms with Crippen molar-refractivity contribution in [1.82, 2.24) is 10.2 Å². The molecular formula is C26H34N4O3. The van der Waals surface area contributed by atoms with Crippen molar-refractivity contribution in [2.24, 2.45) is 0 Å². The molecule has 176 valence electrons. The highest BCUT2D eigenvalue weighted by Crippen LogP contribution is 2.32. The average Bonchev–Trinajstić information content (AvgIpc) is 3.26. The Bertz CT molecular complexity index is 954. The molecule has 2 aromatic carbocycles. The minimum Gasteiger partial charge on any atom is -0.497 e. The second-order valence-corrected chi connectivity index (χ2v) is 8.64. The van der Waals surface area contributed by atoms with Crippen LogP contribution in [0.4, 0.5) is 11.4 Å². The van der Waals surface area contributed by atoms with E-state index in [0.717, 1.165) is 56.1 Å². The zero-order valence-electron chi connectivity index (χ0n) is 19.6. The van der Waals surface area contributed by atoms with E-state index >= 15 is 0 Å². The second kappa shape index (κ2) is 10.7. The fourth-order valence-electron chi connectivity index (χ4n) is 4.73. The van der Waals surface area contributed by atoms with Gasteiger partial charge < -0.3 is 15.0 Å². The Labute approximate surface area is 196 Å². The lowest BCUT2D eigenvalue weighted by Crippen LogP contribution is -2.49. The van der Waals surface area contributed by atoms with Crippen LogP contribution in [0, 0.1) is 0 Å². The van der Waals surface area contributed by atoms with Crippen molar-refractivity contribution in [1.29, 1.82) is 0 Å². The first-order valence-corrected chi connectivity index (χ1v) is 11.9. The van der Waals surface area contributed by atoms with Crippen molar-refractivity contribution in [3.05, 3.63) is 54.1 Å². The smallest absolute Gasteiger partial charge is 0.243 e. The topological polar surface area (TPSA) is 65.1 Å². The van der Waals surface area contributed by atoms with E-state index < -0.39 is 6.04 Å². The third kappa shape index (κ3) is 5.30. The lowest BCUT2D eigenvalue weighted by atomic mass is 10.1. The number of para-hydroxylation sites is 1. The van der Waals surface area contributed by atoms with Crippen molar-refractivity contribution >= 4 is 23.2 Å². The van der Waals surface area contributed by atoms with Crippen LogP contribution in [0.5, 0.6) is 5.75 Å². The first-order valence-electron chi connectivity index (χ1n) is 11.9. The molecule has 0 spiro atoms. The van der Waals surface area contributed by atoms with Crippen molar-refractivity contribution in [2.75, 3.05) is 56.2 Å². The van der Waals surface area contributed by atoms with Gasteiger partial charge >= 0.3 is 0 Å². The molecule has 1 saturated heterocycles. The SMILES string of the molecule is CCC(=O)N1c2ccccc2C[C@@H]1C(=O)NCCCN1CCN(c2ccc(OC)cc2)CC1. The van der Waals surface area contributed by atoms with Gasteiger partial charge in [-0.05, 0) is 48.9 Å². The predicted octanol–water partition coefficient (Wildman–Crippen LogP) is 2.69. The van der Waals surface area contributed by atoms with Gasteiger partial charge in [-0.2, -0.15) is 0 Å². The average molecular weight is 451 g/mol. The summed E-state index contributed by atoms with van der Waals surface area (Å²) in [6, 6.07) is 15.6. The molecule has 0 radical (unpaired) electrons. The molecule has 0 aromatic heterocycles. The van der Waals surface area contributed by atoms with E-state index in [1.807, 2.05) is 43.3 Å². The molecule has 2 amide bonds. The van der Waals surface area contributed by atoms with Crippen LogP contribution in [0.25, 0.3) is 0 Å². The number of piperazine rings is 1. The van der Waals surface area contributed by atoms with Gasteiger partial charge in [-0.3, -0.25) is 19.4 Å². The number of methoxy groups -OCH3 is 1. The standard InChI is InChI=1S/C26H34N4O3/c1-3-25(31)30-23-8-5-4-7-20(23)19-24(30)26(32)27-13-6-14-28-15-17-29(18-16-28)21-9-11-22(33-2)12-10-21/h4-5,7-12,24H,3,6,13-19H2,1-2H3,(H,27,32)/t24-/m1/s1. The Balaban J connectivity index is 1.20. The summed E-state index contributed by atoms with van der Waals surface area (Å²) in [7, 11) is 1.68. The summed E-state index contributed by atoms with van der Waals surface area (Å²) in [5.74, 6) is 0.815. The van der Waals surface area contributed by atoms with Gasteiger partial charge in [-0.15, -0.1) is 0 Å². The van der Waals surface area contributed by atoms with Crippen molar-refractivity contribution < 1.29 is 14.3 Å². The van der Waals surface area contributed by atoms with Gasteiger partial charge in [0.25, 0.3) is 0 Å². The summed E-state index contributed by atoms with van der Waals surface area (Å²) >= 11 is 0. The molecule has 4 rings (SSSR count). The lowest BCUT2D eigenvalue weighted by molar-refractivity contribution is -0.126. The monoisotopic (exact) mass is 450 g/mol. The Morgan fingerprint density at radius 2 is 1.76 bits per heavy atom. The summed E-state index contributed by atoms with van der Waals surface area (Å²) in [6.07, 6.45) is 1.87. The van der Waals surface area contributed by atoms with E-state index in [1.165, 1.54) is 5.69 Å². The normalized spacial score (nSPS) is 18.2. The lowest BCUT2D eigenvalue weighted by Gasteiger charge is -2.36. The summed E-state index contributed by atoms with van der Waals surface area (Å²) in [5, 5.41) is 3.07. The Kier molecular flexibility index (Phi) is 7.50. The summed E-state index contributed by atoms with van der Waals surface area (Å²) in [4.78, 5) is 32.0. The van der Waals surface area contributed by atoms with Gasteiger partial charge in [0, 0.05) is 56.9 Å². The molecular weight excluding hydrogens is 416 g/mol. The van der Waals surface area contributed by atoms with E-state index in [2.05, 4.69) is 27.2 Å². The second-order valence-electron chi connectivity index (χ2n) is 8.64. The highest BCUT2D eigenvalue weighted by Gasteiger charge is 2.37. The first kappa shape index (κ1) is 23.1. The van der Waals surface area contributed by atoms with Crippen molar-refractivity contribution in [3.63, 3.8) is 0 Å². The maximum atomic E-state index is 12.9. The molecule has 1 N–H and O–H groups in total. The maximum Gasteiger partial charge on any atom is 0.243 e. The molecule has 7 heteroatoms. The molecule has 0 saturated carbocycles. The third-order valence-electron chi connectivity index (χ3n) is 6.61. The number of carbonyl (C=O) groups excluding carboxylic acids is 2. The Morgan fingerprint density at radius 3 is 2.45 bits per heavy atom. The van der Waals surface area contributed by atoms with Crippen molar-refractivity contribution in [2.45, 2.75) is 32.2 Å². The van der Waals surface area contributed by atoms with Crippen LogP contribution in [0.1, 0.15) is 25.3 Å². The first-order chi connectivity index (χ1) is 16.1. The van der Waals surface area contributed by atoms with Crippen LogP contribution in [-0.2, 0) is 16.0 Å². The molecule has 2 aliphatic heterocycles. The number of amides is 2. The zero-order valence-corrected chi connectivity index (χ0v) is 19.6. The number of carbonyl (C=O) groups is 2. The minimum atomic E-state index is -0.442. The molecule has 1 atom stereocenters. The molecule has 33 heavy (non-hydrogen) atoms. The number of hydrogen-bond donors (Lipinski definition) is 1. The van der Waals surface area contributed by atoms with Gasteiger partial charge in [-0.25, -0.2) is 0 Å². The Hall–Kier alpha value is -3.06. The molecule has 1 fully saturated rings. The van der Waals surface area contributed by atoms with Crippen molar-refractivity contribution in [3.8, 4) is 5.75 Å². The number of anilines is 2. The van der Waals surface area contributed by atoms with E-state index in [1.54, 1.807) is 12.0 Å². The van der Waals surface area contributed by atoms with Gasteiger partial charge in [0.2, 0.25) is 11.8 Å². The number of nitrogens with one attached hydrogen (secondary N) is 1.